The Labute approximate surface area is 367 Å². The number of aromatic nitrogens is 6. The Morgan fingerprint density at radius 1 is 0.422 bits per heavy atom. The number of hydrogen-bond donors (Lipinski definition) is 4. The number of nitrogens with one attached hydrogen (secondary N) is 4. The Kier molecular flexibility index (Phi) is 9.46. The number of esters is 2. The van der Waals surface area contributed by atoms with Crippen molar-refractivity contribution in [3.05, 3.63) is 168 Å². The van der Waals surface area contributed by atoms with E-state index in [1.165, 1.54) is 0 Å². The molecule has 8 bridgehead atoms. The average Bonchev–Trinajstić information content (AvgIpc) is 4.18. The summed E-state index contributed by atoms with van der Waals surface area (Å²) in [4.78, 5) is 50.6. The molecule has 5 aromatic heterocycles. The minimum atomic E-state index is -0.369. The van der Waals surface area contributed by atoms with Crippen LogP contribution in [0.25, 0.3) is 113 Å². The highest BCUT2D eigenvalue weighted by Gasteiger charge is 2.20. The fourth-order valence-corrected chi connectivity index (χ4v) is 8.81. The number of aromatic amines is 4. The Bertz CT molecular complexity index is 3330. The molecular formula is C54H40N6O4. The number of nitrogens with zero attached hydrogens (tertiary/aromatic N) is 2. The van der Waals surface area contributed by atoms with Crippen LogP contribution in [-0.4, -0.2) is 55.1 Å². The zero-order valence-electron chi connectivity index (χ0n) is 35.0. The normalized spacial score (nSPS) is 12.0. The Morgan fingerprint density at radius 2 is 0.750 bits per heavy atom. The van der Waals surface area contributed by atoms with E-state index in [9.17, 15) is 9.59 Å². The summed E-state index contributed by atoms with van der Waals surface area (Å²) in [7, 11) is 0. The standard InChI is InChI=1S/C54H40N6O4/c1-3-63-53(61)33-9-5-31(6-10-33)49-41-17-21-45(57-41)51(37-13-15-39-35(29-37)25-27-55-39)47-23-19-43(59-47)50(32-7-11-34(12-8-32)54(62)64-4-2)44-20-24-48(60-44)52(46-22-18-42(49)58-46)38-14-16-40-36(30-38)26-28-56-40/h5-30,55-57,60H,3-4H2,1-2H3. The summed E-state index contributed by atoms with van der Waals surface area (Å²) in [6.45, 7) is 4.19. The van der Waals surface area contributed by atoms with Crippen LogP contribution in [0.2, 0.25) is 0 Å². The zero-order chi connectivity index (χ0) is 43.3. The monoisotopic (exact) mass is 836 g/mol. The largest absolute Gasteiger partial charge is 0.462 e. The van der Waals surface area contributed by atoms with Crippen molar-refractivity contribution < 1.29 is 19.1 Å². The number of fused-ring (bicyclic) bond motifs is 10. The summed E-state index contributed by atoms with van der Waals surface area (Å²) in [5, 5.41) is 2.16. The van der Waals surface area contributed by atoms with E-state index in [1.54, 1.807) is 38.1 Å². The lowest BCUT2D eigenvalue weighted by Crippen LogP contribution is -2.04. The predicted octanol–water partition coefficient (Wildman–Crippen LogP) is 12.6. The van der Waals surface area contributed by atoms with Crippen molar-refractivity contribution in [2.75, 3.05) is 13.2 Å². The molecule has 2 aliphatic rings. The molecule has 0 radical (unpaired) electrons. The lowest BCUT2D eigenvalue weighted by molar-refractivity contribution is 0.0517. The molecule has 0 amide bonds. The molecule has 7 heterocycles. The van der Waals surface area contributed by atoms with Gasteiger partial charge in [-0.05, 0) is 156 Å². The molecule has 0 unspecified atom stereocenters. The van der Waals surface area contributed by atoms with E-state index in [4.69, 9.17) is 19.4 Å². The van der Waals surface area contributed by atoms with E-state index in [1.807, 2.05) is 36.7 Å². The molecule has 0 fully saturated rings. The molecule has 2 aliphatic heterocycles. The zero-order valence-corrected chi connectivity index (χ0v) is 35.0. The fraction of sp³-hybridized carbons (Fsp3) is 0.0741. The van der Waals surface area contributed by atoms with Crippen LogP contribution in [0.1, 0.15) is 57.3 Å². The van der Waals surface area contributed by atoms with Crippen molar-refractivity contribution in [1.29, 1.82) is 0 Å². The minimum Gasteiger partial charge on any atom is -0.462 e. The molecule has 0 aliphatic carbocycles. The van der Waals surface area contributed by atoms with Crippen molar-refractivity contribution in [2.24, 2.45) is 0 Å². The Morgan fingerprint density at radius 3 is 1.11 bits per heavy atom. The highest BCUT2D eigenvalue weighted by atomic mass is 16.5. The van der Waals surface area contributed by atoms with Gasteiger partial charge in [-0.1, -0.05) is 36.4 Å². The van der Waals surface area contributed by atoms with Crippen LogP contribution in [0, 0.1) is 0 Å². The number of ether oxygens (including phenoxy) is 2. The van der Waals surface area contributed by atoms with Crippen LogP contribution in [0.15, 0.2) is 134 Å². The van der Waals surface area contributed by atoms with Crippen molar-refractivity contribution >= 4 is 80.1 Å². The van der Waals surface area contributed by atoms with E-state index in [0.717, 1.165) is 111 Å². The van der Waals surface area contributed by atoms with E-state index >= 15 is 0 Å². The summed E-state index contributed by atoms with van der Waals surface area (Å²) in [6.07, 6.45) is 12.1. The highest BCUT2D eigenvalue weighted by molar-refractivity contribution is 6.02. The molecule has 9 aromatic rings. The number of benzene rings is 4. The van der Waals surface area contributed by atoms with E-state index in [0.29, 0.717) is 24.3 Å². The third-order valence-corrected chi connectivity index (χ3v) is 11.8. The molecule has 0 saturated carbocycles. The van der Waals surface area contributed by atoms with Gasteiger partial charge in [0.15, 0.2) is 0 Å². The smallest absolute Gasteiger partial charge is 0.338 e. The molecule has 11 rings (SSSR count). The topological polar surface area (TPSA) is 142 Å². The van der Waals surface area contributed by atoms with Gasteiger partial charge in [0.2, 0.25) is 0 Å². The van der Waals surface area contributed by atoms with Gasteiger partial charge in [0.25, 0.3) is 0 Å². The van der Waals surface area contributed by atoms with Crippen LogP contribution in [0.4, 0.5) is 0 Å². The molecule has 0 saturated heterocycles. The molecule has 0 spiro atoms. The second-order valence-corrected chi connectivity index (χ2v) is 15.7. The van der Waals surface area contributed by atoms with Crippen molar-refractivity contribution in [3.8, 4) is 44.5 Å². The SMILES string of the molecule is CCOC(=O)c1ccc(-c2c3nc(c(-c4ccc5[nH]ccc5c4)c4ccc([nH]4)c(-c4ccc(C(=O)OCC)cc4)c4nc(c(-c5ccc6[nH]ccc6c5)c5ccc2[nH]5)C=C4)C=C3)cc1. The molecule has 10 nitrogen and oxygen atoms in total. The van der Waals surface area contributed by atoms with Gasteiger partial charge in [0.05, 0.1) is 47.1 Å². The third kappa shape index (κ3) is 6.78. The van der Waals surface area contributed by atoms with Crippen LogP contribution in [-0.2, 0) is 9.47 Å². The van der Waals surface area contributed by atoms with Crippen LogP contribution < -0.4 is 0 Å². The quantitative estimate of drug-likeness (QED) is 0.112. The first kappa shape index (κ1) is 38.4. The number of rotatable bonds is 8. The summed E-state index contributed by atoms with van der Waals surface area (Å²) >= 11 is 0. The Balaban J connectivity index is 1.25. The number of H-pyrrole nitrogens is 4. The first-order valence-electron chi connectivity index (χ1n) is 21.3. The third-order valence-electron chi connectivity index (χ3n) is 11.8. The second kappa shape index (κ2) is 15.8. The average molecular weight is 837 g/mol. The summed E-state index contributed by atoms with van der Waals surface area (Å²) in [6, 6.07) is 40.2. The summed E-state index contributed by atoms with van der Waals surface area (Å²) in [5.74, 6) is -0.739. The predicted molar refractivity (Wildman–Crippen MR) is 256 cm³/mol. The number of carbonyl (C=O) groups excluding carboxylic acids is 2. The van der Waals surface area contributed by atoms with Gasteiger partial charge in [-0.3, -0.25) is 0 Å². The first-order valence-corrected chi connectivity index (χ1v) is 21.3. The van der Waals surface area contributed by atoms with Gasteiger partial charge in [-0.2, -0.15) is 0 Å². The maximum absolute atomic E-state index is 12.8. The van der Waals surface area contributed by atoms with Gasteiger partial charge in [0, 0.05) is 67.7 Å². The van der Waals surface area contributed by atoms with Gasteiger partial charge in [-0.15, -0.1) is 0 Å². The summed E-state index contributed by atoms with van der Waals surface area (Å²) in [5.41, 5.74) is 16.8. The number of carbonyl (C=O) groups is 2. The van der Waals surface area contributed by atoms with Gasteiger partial charge >= 0.3 is 11.9 Å². The molecule has 4 N–H and O–H groups in total. The van der Waals surface area contributed by atoms with E-state index in [2.05, 4.69) is 117 Å². The molecule has 4 aromatic carbocycles. The molecule has 0 atom stereocenters. The van der Waals surface area contributed by atoms with Crippen molar-refractivity contribution in [1.82, 2.24) is 29.9 Å². The number of hydrogen-bond acceptors (Lipinski definition) is 6. The van der Waals surface area contributed by atoms with E-state index < -0.39 is 0 Å². The minimum absolute atomic E-state index is 0.292. The second-order valence-electron chi connectivity index (χ2n) is 15.7. The van der Waals surface area contributed by atoms with Gasteiger partial charge < -0.3 is 29.4 Å². The lowest BCUT2D eigenvalue weighted by atomic mass is 10.0. The summed E-state index contributed by atoms with van der Waals surface area (Å²) < 4.78 is 10.6. The fourth-order valence-electron chi connectivity index (χ4n) is 8.81. The van der Waals surface area contributed by atoms with Gasteiger partial charge in [-0.25, -0.2) is 19.6 Å². The van der Waals surface area contributed by atoms with E-state index in [-0.39, 0.29) is 11.9 Å². The lowest BCUT2D eigenvalue weighted by Gasteiger charge is -2.08. The maximum Gasteiger partial charge on any atom is 0.338 e. The first-order chi connectivity index (χ1) is 31.4. The van der Waals surface area contributed by atoms with Crippen molar-refractivity contribution in [2.45, 2.75) is 13.8 Å². The molecule has 310 valence electrons. The maximum atomic E-state index is 12.8. The van der Waals surface area contributed by atoms with Crippen LogP contribution in [0.3, 0.4) is 0 Å². The Hall–Kier alpha value is -8.50. The molecule has 10 heteroatoms. The molecule has 64 heavy (non-hydrogen) atoms. The highest BCUT2D eigenvalue weighted by Crippen LogP contribution is 2.39. The van der Waals surface area contributed by atoms with Gasteiger partial charge in [0.1, 0.15) is 0 Å². The van der Waals surface area contributed by atoms with Crippen LogP contribution >= 0.6 is 0 Å². The van der Waals surface area contributed by atoms with Crippen LogP contribution in [0.5, 0.6) is 0 Å². The van der Waals surface area contributed by atoms with Crippen molar-refractivity contribution in [3.63, 3.8) is 0 Å². The molecular weight excluding hydrogens is 797 g/mol.